The van der Waals surface area contributed by atoms with Crippen molar-refractivity contribution in [3.8, 4) is 0 Å². The smallest absolute Gasteiger partial charge is 0.238 e. The quantitative estimate of drug-likeness (QED) is 0.337. The SMILES string of the molecule is CCCCN(CC(=O)N1CCc2sccc2C1c1ccc(C(C)(C)C)cc1)S(=O)(=O)CC12CCC(CC1=O)C2(C)C. The number of carbonyl (C=O) groups excluding carboxylic acids is 2. The second-order valence-corrected chi connectivity index (χ2v) is 17.0. The summed E-state index contributed by atoms with van der Waals surface area (Å²) < 4.78 is 29.5. The summed E-state index contributed by atoms with van der Waals surface area (Å²) in [5, 5.41) is 2.09. The maximum atomic E-state index is 14.1. The highest BCUT2D eigenvalue weighted by molar-refractivity contribution is 7.89. The van der Waals surface area contributed by atoms with Crippen LogP contribution in [-0.2, 0) is 31.4 Å². The lowest BCUT2D eigenvalue weighted by Gasteiger charge is -2.39. The number of amides is 1. The third-order valence-corrected chi connectivity index (χ3v) is 13.4. The highest BCUT2D eigenvalue weighted by Crippen LogP contribution is 2.64. The van der Waals surface area contributed by atoms with E-state index in [1.165, 1.54) is 14.7 Å². The van der Waals surface area contributed by atoms with Crippen LogP contribution in [0.25, 0.3) is 0 Å². The molecule has 2 bridgehead atoms. The summed E-state index contributed by atoms with van der Waals surface area (Å²) in [5.41, 5.74) is 2.24. The van der Waals surface area contributed by atoms with Crippen LogP contribution in [0.4, 0.5) is 0 Å². The lowest BCUT2D eigenvalue weighted by atomic mass is 9.70. The summed E-state index contributed by atoms with van der Waals surface area (Å²) in [7, 11) is -3.85. The number of nitrogens with zero attached hydrogens (tertiary/aromatic N) is 2. The lowest BCUT2D eigenvalue weighted by Crippen LogP contribution is -2.50. The molecule has 0 N–H and O–H groups in total. The van der Waals surface area contributed by atoms with Crippen LogP contribution in [0.1, 0.15) is 101 Å². The van der Waals surface area contributed by atoms with Gasteiger partial charge in [-0.15, -0.1) is 11.3 Å². The van der Waals surface area contributed by atoms with Gasteiger partial charge in [-0.3, -0.25) is 9.59 Å². The van der Waals surface area contributed by atoms with Crippen LogP contribution in [-0.4, -0.2) is 54.7 Å². The molecule has 224 valence electrons. The van der Waals surface area contributed by atoms with Crippen LogP contribution in [0.2, 0.25) is 0 Å². The maximum Gasteiger partial charge on any atom is 0.238 e. The van der Waals surface area contributed by atoms with Gasteiger partial charge in [0.1, 0.15) is 5.78 Å². The van der Waals surface area contributed by atoms with Gasteiger partial charge in [-0.25, -0.2) is 8.42 Å². The molecule has 2 heterocycles. The van der Waals surface area contributed by atoms with E-state index in [0.717, 1.165) is 30.4 Å². The first kappa shape index (κ1) is 30.4. The van der Waals surface area contributed by atoms with Gasteiger partial charge in [-0.05, 0) is 70.6 Å². The number of hydrogen-bond donors (Lipinski definition) is 0. The fourth-order valence-corrected chi connectivity index (χ4v) is 10.6. The van der Waals surface area contributed by atoms with Crippen molar-refractivity contribution in [1.29, 1.82) is 0 Å². The molecule has 2 aliphatic carbocycles. The predicted octanol–water partition coefficient (Wildman–Crippen LogP) is 6.35. The summed E-state index contributed by atoms with van der Waals surface area (Å²) in [6, 6.07) is 10.4. The van der Waals surface area contributed by atoms with Crippen molar-refractivity contribution in [2.75, 3.05) is 25.4 Å². The number of thiophene rings is 1. The number of sulfonamides is 1. The van der Waals surface area contributed by atoms with Crippen LogP contribution >= 0.6 is 11.3 Å². The number of rotatable bonds is 9. The molecule has 41 heavy (non-hydrogen) atoms. The van der Waals surface area contributed by atoms with Gasteiger partial charge < -0.3 is 4.90 Å². The second-order valence-electron chi connectivity index (χ2n) is 14.0. The van der Waals surface area contributed by atoms with Gasteiger partial charge in [-0.2, -0.15) is 4.31 Å². The maximum absolute atomic E-state index is 14.1. The highest BCUT2D eigenvalue weighted by atomic mass is 32.2. The number of Topliss-reactive ketones (excluding diaryl/α,β-unsaturated/α-hetero) is 1. The monoisotopic (exact) mass is 598 g/mol. The zero-order valence-corrected chi connectivity index (χ0v) is 27.2. The molecule has 1 aromatic heterocycles. The molecule has 6 nitrogen and oxygen atoms in total. The van der Waals surface area contributed by atoms with E-state index in [4.69, 9.17) is 0 Å². The molecular formula is C33H46N2O4S2. The predicted molar refractivity (Wildman–Crippen MR) is 166 cm³/mol. The highest BCUT2D eigenvalue weighted by Gasteiger charge is 2.65. The van der Waals surface area contributed by atoms with Crippen LogP contribution in [0.15, 0.2) is 35.7 Å². The largest absolute Gasteiger partial charge is 0.330 e. The Balaban J connectivity index is 1.43. The summed E-state index contributed by atoms with van der Waals surface area (Å²) in [4.78, 5) is 30.4. The van der Waals surface area contributed by atoms with Crippen LogP contribution < -0.4 is 0 Å². The van der Waals surface area contributed by atoms with Crippen molar-refractivity contribution in [2.24, 2.45) is 16.7 Å². The molecule has 3 aliphatic rings. The Morgan fingerprint density at radius 3 is 2.44 bits per heavy atom. The van der Waals surface area contributed by atoms with Crippen molar-refractivity contribution in [3.05, 3.63) is 57.3 Å². The average molecular weight is 599 g/mol. The van der Waals surface area contributed by atoms with E-state index in [-0.39, 0.29) is 46.8 Å². The Labute approximate surface area is 250 Å². The van der Waals surface area contributed by atoms with Gasteiger partial charge in [0.05, 0.1) is 18.3 Å². The molecule has 3 unspecified atom stereocenters. The first-order valence-electron chi connectivity index (χ1n) is 15.2. The van der Waals surface area contributed by atoms with Crippen LogP contribution in [0.5, 0.6) is 0 Å². The Morgan fingerprint density at radius 1 is 1.15 bits per heavy atom. The molecule has 0 radical (unpaired) electrons. The van der Waals surface area contributed by atoms with E-state index in [9.17, 15) is 18.0 Å². The van der Waals surface area contributed by atoms with E-state index in [1.807, 2.05) is 11.8 Å². The Hall–Kier alpha value is -2.03. The summed E-state index contributed by atoms with van der Waals surface area (Å²) >= 11 is 1.72. The molecule has 1 aliphatic heterocycles. The topological polar surface area (TPSA) is 74.8 Å². The minimum Gasteiger partial charge on any atom is -0.330 e. The van der Waals surface area contributed by atoms with Gasteiger partial charge >= 0.3 is 0 Å². The fourth-order valence-electron chi connectivity index (χ4n) is 7.51. The normalized spacial score (nSPS) is 25.6. The molecule has 3 atom stereocenters. The van der Waals surface area contributed by atoms with Crippen molar-refractivity contribution in [3.63, 3.8) is 0 Å². The molecule has 1 aromatic carbocycles. The number of fused-ring (bicyclic) bond motifs is 3. The number of unbranched alkanes of at least 4 members (excludes halogenated alkanes) is 1. The third kappa shape index (κ3) is 5.33. The lowest BCUT2D eigenvalue weighted by molar-refractivity contribution is -0.133. The molecule has 2 fully saturated rings. The number of ketones is 1. The average Bonchev–Trinajstić information content (AvgIpc) is 3.53. The van der Waals surface area contributed by atoms with Crippen molar-refractivity contribution < 1.29 is 18.0 Å². The standard InChI is InChI=1S/C33H46N2O4S2/c1-7-8-17-34(41(38,39)22-33-16-13-25(20-28(33)36)32(33,5)6)21-29(37)35-18-14-27-26(15-19-40-27)30(35)23-9-11-24(12-10-23)31(2,3)4/h9-12,15,19,25,30H,7-8,13-14,16-18,20-22H2,1-6H3. The Kier molecular flexibility index (Phi) is 8.10. The summed E-state index contributed by atoms with van der Waals surface area (Å²) in [6.07, 6.45) is 4.26. The number of carbonyl (C=O) groups is 2. The molecule has 2 aromatic rings. The van der Waals surface area contributed by atoms with Gasteiger partial charge in [0.15, 0.2) is 0 Å². The van der Waals surface area contributed by atoms with Crippen molar-refractivity contribution >= 4 is 33.1 Å². The van der Waals surface area contributed by atoms with Gasteiger partial charge in [0, 0.05) is 29.8 Å². The summed E-state index contributed by atoms with van der Waals surface area (Å²) in [5.74, 6) is -0.0327. The first-order valence-corrected chi connectivity index (χ1v) is 17.7. The van der Waals surface area contributed by atoms with Gasteiger partial charge in [-0.1, -0.05) is 72.2 Å². The molecule has 8 heteroatoms. The first-order chi connectivity index (χ1) is 19.2. The minimum atomic E-state index is -3.85. The van der Waals surface area contributed by atoms with Gasteiger partial charge in [0.2, 0.25) is 15.9 Å². The van der Waals surface area contributed by atoms with E-state index in [1.54, 1.807) is 11.3 Å². The Morgan fingerprint density at radius 2 is 1.85 bits per heavy atom. The molecule has 0 saturated heterocycles. The van der Waals surface area contributed by atoms with Crippen LogP contribution in [0, 0.1) is 16.7 Å². The second kappa shape index (κ2) is 10.9. The molecule has 1 amide bonds. The molecular weight excluding hydrogens is 553 g/mol. The number of benzene rings is 1. The zero-order chi connectivity index (χ0) is 29.8. The zero-order valence-electron chi connectivity index (χ0n) is 25.5. The van der Waals surface area contributed by atoms with Crippen molar-refractivity contribution in [1.82, 2.24) is 9.21 Å². The minimum absolute atomic E-state index is 0.0242. The van der Waals surface area contributed by atoms with Crippen LogP contribution in [0.3, 0.4) is 0 Å². The molecule has 0 spiro atoms. The van der Waals surface area contributed by atoms with Crippen molar-refractivity contribution in [2.45, 2.75) is 91.5 Å². The van der Waals surface area contributed by atoms with E-state index in [0.29, 0.717) is 32.4 Å². The van der Waals surface area contributed by atoms with E-state index < -0.39 is 15.4 Å². The number of hydrogen-bond acceptors (Lipinski definition) is 5. The molecule has 5 rings (SSSR count). The molecule has 2 saturated carbocycles. The summed E-state index contributed by atoms with van der Waals surface area (Å²) in [6.45, 7) is 13.4. The Bertz CT molecular complexity index is 1400. The third-order valence-electron chi connectivity index (χ3n) is 10.4. The van der Waals surface area contributed by atoms with Gasteiger partial charge in [0.25, 0.3) is 0 Å². The van der Waals surface area contributed by atoms with E-state index >= 15 is 0 Å². The van der Waals surface area contributed by atoms with E-state index in [2.05, 4.69) is 70.3 Å². The fraction of sp³-hybridized carbons (Fsp3) is 0.636.